The number of alkyl halides is 3. The zero-order chi connectivity index (χ0) is 26.4. The molecule has 3 N–H and O–H groups in total. The number of aliphatic hydroxyl groups excluding tert-OH is 3. The molecule has 3 heterocycles. The minimum absolute atomic E-state index is 0.112. The quantitative estimate of drug-likeness (QED) is 0.302. The van der Waals surface area contributed by atoms with E-state index in [-0.39, 0.29) is 20.6 Å². The van der Waals surface area contributed by atoms with Crippen molar-refractivity contribution >= 4 is 27.7 Å². The number of hydrogen-bond donors (Lipinski definition) is 3. The molecular formula is C20H15BrF6N4O4S. The highest BCUT2D eigenvalue weighted by Gasteiger charge is 2.46. The van der Waals surface area contributed by atoms with Gasteiger partial charge in [-0.05, 0) is 34.1 Å². The second-order valence-electron chi connectivity index (χ2n) is 7.65. The molecule has 0 aliphatic carbocycles. The van der Waals surface area contributed by atoms with Crippen LogP contribution >= 0.6 is 27.7 Å². The number of aliphatic hydroxyl groups is 3. The topological polar surface area (TPSA) is 114 Å². The number of pyridine rings is 1. The first-order chi connectivity index (χ1) is 16.9. The zero-order valence-corrected chi connectivity index (χ0v) is 20.0. The van der Waals surface area contributed by atoms with Gasteiger partial charge >= 0.3 is 6.18 Å². The maximum Gasteiger partial charge on any atom is 0.434 e. The number of thioether (sulfide) groups is 1. The third kappa shape index (κ3) is 5.24. The van der Waals surface area contributed by atoms with Crippen LogP contribution in [0.25, 0.3) is 11.3 Å². The van der Waals surface area contributed by atoms with E-state index >= 15 is 0 Å². The Kier molecular flexibility index (Phi) is 7.64. The van der Waals surface area contributed by atoms with Crippen molar-refractivity contribution < 1.29 is 46.4 Å². The number of rotatable bonds is 5. The van der Waals surface area contributed by atoms with Gasteiger partial charge in [0.05, 0.1) is 12.8 Å². The summed E-state index contributed by atoms with van der Waals surface area (Å²) in [5.41, 5.74) is -2.64. The molecule has 16 heteroatoms. The average molecular weight is 601 g/mol. The van der Waals surface area contributed by atoms with Gasteiger partial charge in [0.1, 0.15) is 35.5 Å². The van der Waals surface area contributed by atoms with Crippen molar-refractivity contribution in [1.29, 1.82) is 0 Å². The Morgan fingerprint density at radius 2 is 1.75 bits per heavy atom. The monoisotopic (exact) mass is 600 g/mol. The van der Waals surface area contributed by atoms with E-state index in [1.807, 2.05) is 0 Å². The van der Waals surface area contributed by atoms with Crippen molar-refractivity contribution in [3.8, 4) is 11.3 Å². The standard InChI is InChI=1S/C20H15BrF6N4O4S/c21-9-3-8(4-28-18(9)20(25,26)27)36-19-17(34)15(16(33)13(6-32)35-19)31-5-12(29-30-31)7-1-10(22)14(24)11(23)2-7/h1-5,13,15-17,19,32-34H,6H2/t13?,15?,16-,17?,19+/m0/s1. The van der Waals surface area contributed by atoms with E-state index in [1.54, 1.807) is 0 Å². The van der Waals surface area contributed by atoms with Gasteiger partial charge < -0.3 is 20.1 Å². The second kappa shape index (κ2) is 10.3. The van der Waals surface area contributed by atoms with E-state index in [9.17, 15) is 41.7 Å². The van der Waals surface area contributed by atoms with E-state index < -0.39 is 65.7 Å². The van der Waals surface area contributed by atoms with Crippen LogP contribution in [0, 0.1) is 17.5 Å². The SMILES string of the molecule is OCC1O[C@H](Sc2cnc(C(F)(F)F)c(Br)c2)C(O)C(n2cc(-c3cc(F)c(F)c(F)c3)nn2)[C@H]1O. The maximum atomic E-state index is 13.6. The number of halogens is 7. The molecule has 3 aromatic rings. The molecule has 8 nitrogen and oxygen atoms in total. The van der Waals surface area contributed by atoms with Crippen molar-refractivity contribution in [2.24, 2.45) is 0 Å². The predicted molar refractivity (Wildman–Crippen MR) is 115 cm³/mol. The Morgan fingerprint density at radius 3 is 2.33 bits per heavy atom. The number of benzene rings is 1. The Balaban J connectivity index is 1.62. The van der Waals surface area contributed by atoms with Gasteiger partial charge in [0, 0.05) is 21.1 Å². The highest BCUT2D eigenvalue weighted by atomic mass is 79.9. The smallest absolute Gasteiger partial charge is 0.394 e. The van der Waals surface area contributed by atoms with Crippen LogP contribution in [-0.4, -0.2) is 65.7 Å². The summed E-state index contributed by atoms with van der Waals surface area (Å²) in [5.74, 6) is -4.59. The molecule has 4 rings (SSSR count). The highest BCUT2D eigenvalue weighted by molar-refractivity contribution is 9.10. The van der Waals surface area contributed by atoms with Gasteiger partial charge in [-0.15, -0.1) is 5.10 Å². The van der Waals surface area contributed by atoms with Crippen molar-refractivity contribution in [1.82, 2.24) is 20.0 Å². The Labute approximate surface area is 211 Å². The van der Waals surface area contributed by atoms with Crippen LogP contribution in [0.3, 0.4) is 0 Å². The lowest BCUT2D eigenvalue weighted by Gasteiger charge is -2.41. The molecule has 36 heavy (non-hydrogen) atoms. The Bertz CT molecular complexity index is 1240. The lowest BCUT2D eigenvalue weighted by Crippen LogP contribution is -2.55. The average Bonchev–Trinajstić information content (AvgIpc) is 3.28. The van der Waals surface area contributed by atoms with Gasteiger partial charge in [-0.1, -0.05) is 17.0 Å². The third-order valence-corrected chi connectivity index (χ3v) is 7.00. The summed E-state index contributed by atoms with van der Waals surface area (Å²) in [6, 6.07) is 1.20. The maximum absolute atomic E-state index is 13.6. The summed E-state index contributed by atoms with van der Waals surface area (Å²) in [6.07, 6.45) is -6.95. The number of ether oxygens (including phenoxy) is 1. The summed E-state index contributed by atoms with van der Waals surface area (Å²) in [6.45, 7) is -0.688. The van der Waals surface area contributed by atoms with Crippen molar-refractivity contribution in [2.45, 2.75) is 40.9 Å². The second-order valence-corrected chi connectivity index (χ2v) is 9.68. The summed E-state index contributed by atoms with van der Waals surface area (Å²) < 4.78 is 85.6. The molecule has 5 atom stereocenters. The first-order valence-corrected chi connectivity index (χ1v) is 11.7. The first-order valence-electron chi connectivity index (χ1n) is 9.99. The fraction of sp³-hybridized carbons (Fsp3) is 0.350. The summed E-state index contributed by atoms with van der Waals surface area (Å²) >= 11 is 3.59. The highest BCUT2D eigenvalue weighted by Crippen LogP contribution is 2.40. The summed E-state index contributed by atoms with van der Waals surface area (Å²) in [4.78, 5) is 3.55. The lowest BCUT2D eigenvalue weighted by molar-refractivity contribution is -0.178. The van der Waals surface area contributed by atoms with Crippen LogP contribution in [-0.2, 0) is 10.9 Å². The molecule has 0 radical (unpaired) electrons. The Morgan fingerprint density at radius 1 is 1.08 bits per heavy atom. The molecule has 1 aliphatic rings. The Hall–Kier alpha value is -2.24. The molecule has 1 fully saturated rings. The van der Waals surface area contributed by atoms with E-state index in [2.05, 4.69) is 31.2 Å². The number of hydrogen-bond acceptors (Lipinski definition) is 8. The summed E-state index contributed by atoms with van der Waals surface area (Å²) in [7, 11) is 0. The van der Waals surface area contributed by atoms with Crippen molar-refractivity contribution in [3.05, 3.63) is 58.2 Å². The largest absolute Gasteiger partial charge is 0.434 e. The fourth-order valence-corrected chi connectivity index (χ4v) is 5.36. The van der Waals surface area contributed by atoms with Gasteiger partial charge in [0.15, 0.2) is 23.1 Å². The van der Waals surface area contributed by atoms with Crippen LogP contribution in [0.5, 0.6) is 0 Å². The number of aromatic nitrogens is 4. The molecule has 1 saturated heterocycles. The van der Waals surface area contributed by atoms with Gasteiger partial charge in [-0.3, -0.25) is 0 Å². The fourth-order valence-electron chi connectivity index (χ4n) is 3.56. The minimum Gasteiger partial charge on any atom is -0.394 e. The summed E-state index contributed by atoms with van der Waals surface area (Å²) in [5, 5.41) is 38.8. The van der Waals surface area contributed by atoms with E-state index in [0.717, 1.165) is 34.9 Å². The molecule has 3 unspecified atom stereocenters. The van der Waals surface area contributed by atoms with Crippen LogP contribution in [0.2, 0.25) is 0 Å². The first kappa shape index (κ1) is 26.8. The normalized spacial score (nSPS) is 24.8. The van der Waals surface area contributed by atoms with Gasteiger partial charge in [-0.25, -0.2) is 22.8 Å². The lowest BCUT2D eigenvalue weighted by atomic mass is 9.97. The molecule has 1 aromatic carbocycles. The van der Waals surface area contributed by atoms with E-state index in [4.69, 9.17) is 4.74 Å². The van der Waals surface area contributed by atoms with Gasteiger partial charge in [-0.2, -0.15) is 13.2 Å². The zero-order valence-electron chi connectivity index (χ0n) is 17.6. The van der Waals surface area contributed by atoms with E-state index in [1.165, 1.54) is 0 Å². The van der Waals surface area contributed by atoms with E-state index in [0.29, 0.717) is 12.1 Å². The predicted octanol–water partition coefficient (Wildman–Crippen LogP) is 3.31. The molecule has 0 saturated carbocycles. The van der Waals surface area contributed by atoms with Crippen LogP contribution in [0.1, 0.15) is 11.7 Å². The minimum atomic E-state index is -4.69. The van der Waals surface area contributed by atoms with Crippen molar-refractivity contribution in [2.75, 3.05) is 6.61 Å². The van der Waals surface area contributed by atoms with Crippen LogP contribution in [0.4, 0.5) is 26.3 Å². The van der Waals surface area contributed by atoms with Crippen LogP contribution < -0.4 is 0 Å². The molecule has 194 valence electrons. The molecule has 2 aromatic heterocycles. The third-order valence-electron chi connectivity index (χ3n) is 5.28. The van der Waals surface area contributed by atoms with Gasteiger partial charge in [0.2, 0.25) is 0 Å². The molecule has 1 aliphatic heterocycles. The van der Waals surface area contributed by atoms with Crippen molar-refractivity contribution in [3.63, 3.8) is 0 Å². The molecular weight excluding hydrogens is 586 g/mol. The molecule has 0 bridgehead atoms. The molecule has 0 spiro atoms. The van der Waals surface area contributed by atoms with Gasteiger partial charge in [0.25, 0.3) is 0 Å². The van der Waals surface area contributed by atoms with Crippen LogP contribution in [0.15, 0.2) is 40.0 Å². The number of nitrogens with zero attached hydrogens (tertiary/aromatic N) is 4. The molecule has 0 amide bonds.